The number of fused-ring (bicyclic) bond motifs is 12. The average Bonchev–Trinajstić information content (AvgIpc) is 3.72. The van der Waals surface area contributed by atoms with Crippen molar-refractivity contribution in [3.63, 3.8) is 0 Å². The monoisotopic (exact) mass is 914 g/mol. The summed E-state index contributed by atoms with van der Waals surface area (Å²) in [4.78, 5) is 30.6. The topological polar surface area (TPSA) is 76.9 Å². The van der Waals surface area contributed by atoms with Crippen LogP contribution in [0.3, 0.4) is 0 Å². The molecular formula is C62H38N6OS. The van der Waals surface area contributed by atoms with Crippen LogP contribution in [0, 0.1) is 0 Å². The number of anilines is 3. The minimum absolute atomic E-state index is 0.569. The van der Waals surface area contributed by atoms with Crippen LogP contribution < -0.4 is 9.64 Å². The van der Waals surface area contributed by atoms with Gasteiger partial charge in [0, 0.05) is 39.0 Å². The maximum absolute atomic E-state index is 7.13. The molecule has 3 aromatic heterocycles. The Morgan fingerprint density at radius 3 is 1.81 bits per heavy atom. The summed E-state index contributed by atoms with van der Waals surface area (Å²) in [5, 5.41) is 0. The second-order valence-electron chi connectivity index (χ2n) is 17.5. The van der Waals surface area contributed by atoms with Crippen LogP contribution in [0.2, 0.25) is 0 Å². The minimum atomic E-state index is -0.752. The van der Waals surface area contributed by atoms with Gasteiger partial charge in [-0.1, -0.05) is 188 Å². The molecule has 1 unspecified atom stereocenters. The predicted octanol–water partition coefficient (Wildman–Crippen LogP) is 15.4. The zero-order chi connectivity index (χ0) is 46.2. The molecule has 0 fully saturated rings. The molecule has 8 aromatic carbocycles. The van der Waals surface area contributed by atoms with E-state index in [0.717, 1.165) is 106 Å². The molecule has 1 atom stereocenters. The first-order valence-electron chi connectivity index (χ1n) is 23.3. The van der Waals surface area contributed by atoms with Gasteiger partial charge in [0.2, 0.25) is 0 Å². The van der Waals surface area contributed by atoms with Crippen LogP contribution in [0.5, 0.6) is 11.5 Å². The molecule has 328 valence electrons. The molecule has 2 aliphatic heterocycles. The number of nitrogens with zero attached hydrogens (tertiary/aromatic N) is 6. The van der Waals surface area contributed by atoms with Gasteiger partial charge in [0.1, 0.15) is 0 Å². The molecule has 1 spiro atoms. The number of hydrogen-bond acceptors (Lipinski definition) is 8. The van der Waals surface area contributed by atoms with Crippen molar-refractivity contribution < 1.29 is 4.74 Å². The zero-order valence-corrected chi connectivity index (χ0v) is 38.3. The molecule has 7 nitrogen and oxygen atoms in total. The maximum atomic E-state index is 7.13. The van der Waals surface area contributed by atoms with Crippen LogP contribution >= 0.6 is 11.8 Å². The van der Waals surface area contributed by atoms with E-state index in [9.17, 15) is 0 Å². The summed E-state index contributed by atoms with van der Waals surface area (Å²) in [6.07, 6.45) is 1.88. The van der Waals surface area contributed by atoms with Crippen molar-refractivity contribution in [1.29, 1.82) is 0 Å². The molecule has 3 aliphatic rings. The summed E-state index contributed by atoms with van der Waals surface area (Å²) in [7, 11) is 0. The van der Waals surface area contributed by atoms with E-state index >= 15 is 0 Å². The predicted molar refractivity (Wildman–Crippen MR) is 279 cm³/mol. The smallest absolute Gasteiger partial charge is 0.165 e. The van der Waals surface area contributed by atoms with Crippen LogP contribution in [-0.4, -0.2) is 24.9 Å². The lowest BCUT2D eigenvalue weighted by Gasteiger charge is -2.41. The number of ether oxygens (including phenoxy) is 1. The Morgan fingerprint density at radius 1 is 0.414 bits per heavy atom. The van der Waals surface area contributed by atoms with Gasteiger partial charge in [-0.15, -0.1) is 0 Å². The third kappa shape index (κ3) is 6.20. The lowest BCUT2D eigenvalue weighted by atomic mass is 9.67. The summed E-state index contributed by atoms with van der Waals surface area (Å²) in [6.45, 7) is 0. The molecule has 0 saturated heterocycles. The van der Waals surface area contributed by atoms with Gasteiger partial charge < -0.3 is 9.64 Å². The van der Waals surface area contributed by atoms with Gasteiger partial charge in [-0.05, 0) is 81.9 Å². The van der Waals surface area contributed by atoms with Gasteiger partial charge in [-0.2, -0.15) is 0 Å². The van der Waals surface area contributed by atoms with Gasteiger partial charge in [0.15, 0.2) is 29.0 Å². The fraction of sp³-hybridized carbons (Fsp3) is 0.0161. The van der Waals surface area contributed by atoms with E-state index in [1.807, 2.05) is 85.1 Å². The van der Waals surface area contributed by atoms with Crippen molar-refractivity contribution in [2.45, 2.75) is 15.2 Å². The Bertz CT molecular complexity index is 3810. The first-order chi connectivity index (χ1) is 34.7. The lowest BCUT2D eigenvalue weighted by molar-refractivity contribution is 0.461. The molecule has 8 heteroatoms. The van der Waals surface area contributed by atoms with Crippen LogP contribution in [-0.2, 0) is 5.41 Å². The lowest BCUT2D eigenvalue weighted by Crippen LogP contribution is -2.32. The number of aromatic nitrogens is 5. The standard InChI is InChI=1S/C62H38N6OS/c1-4-18-39(19-5-1)42-24-16-25-43(38-42)68-51-30-13-14-31-53(51)69-57-52(68)36-34-49-58(57)70-54-32-15-12-28-46(54)62(49)47-29-17-37-63-55(47)56-48(62)33-35-50(64-56)44-26-10-11-27-45(44)61-66-59(40-20-6-2-7-21-40)65-60(67-61)41-22-8-3-9-23-41/h1-38H. The molecule has 11 aromatic rings. The van der Waals surface area contributed by atoms with Crippen LogP contribution in [0.4, 0.5) is 17.1 Å². The van der Waals surface area contributed by atoms with Crippen LogP contribution in [0.1, 0.15) is 22.3 Å². The van der Waals surface area contributed by atoms with Gasteiger partial charge in [-0.3, -0.25) is 4.98 Å². The summed E-state index contributed by atoms with van der Waals surface area (Å²) < 4.78 is 7.13. The fourth-order valence-electron chi connectivity index (χ4n) is 10.6. The number of hydrogen-bond donors (Lipinski definition) is 0. The fourth-order valence-corrected chi connectivity index (χ4v) is 11.9. The van der Waals surface area contributed by atoms with E-state index in [1.165, 1.54) is 5.56 Å². The highest BCUT2D eigenvalue weighted by Gasteiger charge is 2.53. The largest absolute Gasteiger partial charge is 0.452 e. The van der Waals surface area contributed by atoms with E-state index in [2.05, 4.69) is 150 Å². The molecule has 0 radical (unpaired) electrons. The van der Waals surface area contributed by atoms with Crippen molar-refractivity contribution in [2.75, 3.05) is 4.90 Å². The Labute approximate surface area is 408 Å². The van der Waals surface area contributed by atoms with E-state index < -0.39 is 5.41 Å². The maximum Gasteiger partial charge on any atom is 0.165 e. The summed E-state index contributed by atoms with van der Waals surface area (Å²) in [6, 6.07) is 78.1. The van der Waals surface area contributed by atoms with Crippen LogP contribution in [0.25, 0.3) is 67.9 Å². The van der Waals surface area contributed by atoms with Gasteiger partial charge >= 0.3 is 0 Å². The Morgan fingerprint density at radius 2 is 1.03 bits per heavy atom. The molecule has 70 heavy (non-hydrogen) atoms. The second-order valence-corrected chi connectivity index (χ2v) is 18.6. The van der Waals surface area contributed by atoms with Crippen molar-refractivity contribution >= 4 is 28.8 Å². The molecule has 0 N–H and O–H groups in total. The van der Waals surface area contributed by atoms with Gasteiger partial charge in [0.05, 0.1) is 38.8 Å². The SMILES string of the molecule is c1ccc(-c2cccc(N3c4ccccc4Oc4c3ccc3c4Sc4ccccc4C34c3cccnc3-c3nc(-c5ccccc5-c5nc(-c6ccccc6)nc(-c6ccccc6)n5)ccc34)c2)cc1. The highest BCUT2D eigenvalue weighted by Crippen LogP contribution is 2.65. The average molecular weight is 915 g/mol. The van der Waals surface area contributed by atoms with E-state index in [-0.39, 0.29) is 0 Å². The van der Waals surface area contributed by atoms with Gasteiger partial charge in [0.25, 0.3) is 0 Å². The third-order valence-electron chi connectivity index (χ3n) is 13.6. The highest BCUT2D eigenvalue weighted by molar-refractivity contribution is 7.99. The Kier molecular flexibility index (Phi) is 9.22. The van der Waals surface area contributed by atoms with Gasteiger partial charge in [-0.25, -0.2) is 19.9 Å². The first kappa shape index (κ1) is 40.1. The van der Waals surface area contributed by atoms with Crippen LogP contribution in [0.15, 0.2) is 240 Å². The quantitative estimate of drug-likeness (QED) is 0.163. The summed E-state index contributed by atoms with van der Waals surface area (Å²) in [5.41, 5.74) is 15.1. The molecule has 1 aliphatic carbocycles. The molecule has 5 heterocycles. The summed E-state index contributed by atoms with van der Waals surface area (Å²) in [5.74, 6) is 3.39. The number of rotatable bonds is 6. The minimum Gasteiger partial charge on any atom is -0.452 e. The molecular weight excluding hydrogens is 877 g/mol. The molecule has 0 bridgehead atoms. The van der Waals surface area contributed by atoms with Crippen molar-refractivity contribution in [2.24, 2.45) is 0 Å². The third-order valence-corrected chi connectivity index (χ3v) is 14.8. The zero-order valence-electron chi connectivity index (χ0n) is 37.4. The summed E-state index contributed by atoms with van der Waals surface area (Å²) >= 11 is 1.77. The molecule has 0 saturated carbocycles. The molecule has 0 amide bonds. The number of para-hydroxylation sites is 2. The van der Waals surface area contributed by atoms with Crippen molar-refractivity contribution in [3.8, 4) is 79.4 Å². The first-order valence-corrected chi connectivity index (χ1v) is 24.1. The van der Waals surface area contributed by atoms with Crippen molar-refractivity contribution in [3.05, 3.63) is 253 Å². The Hall–Kier alpha value is -8.98. The van der Waals surface area contributed by atoms with E-state index in [1.54, 1.807) is 11.8 Å². The molecule has 14 rings (SSSR count). The normalized spacial score (nSPS) is 14.7. The number of pyridine rings is 2. The highest BCUT2D eigenvalue weighted by atomic mass is 32.2. The van der Waals surface area contributed by atoms with Crippen molar-refractivity contribution in [1.82, 2.24) is 24.9 Å². The van der Waals surface area contributed by atoms with E-state index in [4.69, 9.17) is 29.7 Å². The second kappa shape index (κ2) is 16.1. The van der Waals surface area contributed by atoms with E-state index in [0.29, 0.717) is 17.5 Å². The Balaban J connectivity index is 0.954. The number of benzene rings is 8.